The van der Waals surface area contributed by atoms with Crippen LogP contribution in [0.25, 0.3) is 0 Å². The standard InChI is InChI=1S/C12H17N/c1-9(13)11-7-6-10-4-2-3-5-12(10)8-11/h2-5,9,11H,6-8,13H2,1H3/p+1/t9-,11?/m0/s1. The molecule has 1 aliphatic carbocycles. The highest BCUT2D eigenvalue weighted by molar-refractivity contribution is 5.29. The first-order valence-electron chi connectivity index (χ1n) is 5.17. The fourth-order valence-electron chi connectivity index (χ4n) is 2.21. The minimum Gasteiger partial charge on any atom is -0.355 e. The van der Waals surface area contributed by atoms with E-state index < -0.39 is 0 Å². The fourth-order valence-corrected chi connectivity index (χ4v) is 2.21. The molecule has 1 heteroatoms. The van der Waals surface area contributed by atoms with E-state index in [4.69, 9.17) is 0 Å². The van der Waals surface area contributed by atoms with E-state index in [2.05, 4.69) is 36.9 Å². The minimum absolute atomic E-state index is 0.591. The lowest BCUT2D eigenvalue weighted by Crippen LogP contribution is -2.63. The largest absolute Gasteiger partial charge is 0.355 e. The maximum Gasteiger partial charge on any atom is 0.0846 e. The highest BCUT2D eigenvalue weighted by atomic mass is 14.6. The van der Waals surface area contributed by atoms with E-state index in [1.54, 1.807) is 11.1 Å². The molecule has 1 aliphatic rings. The third-order valence-corrected chi connectivity index (χ3v) is 3.19. The van der Waals surface area contributed by atoms with Crippen LogP contribution in [0.4, 0.5) is 0 Å². The summed E-state index contributed by atoms with van der Waals surface area (Å²) < 4.78 is 0. The van der Waals surface area contributed by atoms with Gasteiger partial charge in [-0.15, -0.1) is 0 Å². The summed E-state index contributed by atoms with van der Waals surface area (Å²) in [6, 6.07) is 9.42. The van der Waals surface area contributed by atoms with Gasteiger partial charge in [0.1, 0.15) is 0 Å². The first-order chi connectivity index (χ1) is 6.27. The monoisotopic (exact) mass is 176 g/mol. The van der Waals surface area contributed by atoms with E-state index in [0.29, 0.717) is 6.04 Å². The number of rotatable bonds is 1. The van der Waals surface area contributed by atoms with Gasteiger partial charge >= 0.3 is 0 Å². The Hall–Kier alpha value is -0.820. The molecule has 0 aliphatic heterocycles. The third kappa shape index (κ3) is 1.75. The van der Waals surface area contributed by atoms with Crippen LogP contribution in [0.1, 0.15) is 24.5 Å². The maximum atomic E-state index is 4.14. The minimum atomic E-state index is 0.591. The van der Waals surface area contributed by atoms with Gasteiger partial charge in [0.05, 0.1) is 6.04 Å². The molecule has 0 bridgehead atoms. The van der Waals surface area contributed by atoms with E-state index >= 15 is 0 Å². The van der Waals surface area contributed by atoms with Crippen molar-refractivity contribution in [1.82, 2.24) is 0 Å². The molecule has 13 heavy (non-hydrogen) atoms. The molecule has 1 aromatic carbocycles. The Morgan fingerprint density at radius 1 is 1.31 bits per heavy atom. The highest BCUT2D eigenvalue weighted by Gasteiger charge is 2.22. The lowest BCUT2D eigenvalue weighted by molar-refractivity contribution is -0.427. The van der Waals surface area contributed by atoms with Gasteiger partial charge in [0.2, 0.25) is 0 Å². The van der Waals surface area contributed by atoms with Crippen molar-refractivity contribution >= 4 is 0 Å². The quantitative estimate of drug-likeness (QED) is 0.670. The van der Waals surface area contributed by atoms with Gasteiger partial charge < -0.3 is 5.73 Å². The molecule has 70 valence electrons. The smallest absolute Gasteiger partial charge is 0.0846 e. The Bertz CT molecular complexity index is 291. The van der Waals surface area contributed by atoms with Gasteiger partial charge in [-0.05, 0) is 37.3 Å². The first-order valence-corrected chi connectivity index (χ1v) is 5.17. The molecule has 0 amide bonds. The lowest BCUT2D eigenvalue weighted by Gasteiger charge is -2.25. The molecule has 0 spiro atoms. The summed E-state index contributed by atoms with van der Waals surface area (Å²) >= 11 is 0. The van der Waals surface area contributed by atoms with Gasteiger partial charge in [-0.2, -0.15) is 0 Å². The molecule has 0 aromatic heterocycles. The fraction of sp³-hybridized carbons (Fsp3) is 0.500. The first kappa shape index (κ1) is 8.76. The van der Waals surface area contributed by atoms with Crippen LogP contribution in [-0.2, 0) is 12.8 Å². The number of hydrogen-bond acceptors (Lipinski definition) is 0. The topological polar surface area (TPSA) is 27.6 Å². The predicted octanol–water partition coefficient (Wildman–Crippen LogP) is 1.42. The normalized spacial score (nSPS) is 23.7. The summed E-state index contributed by atoms with van der Waals surface area (Å²) in [4.78, 5) is 0. The third-order valence-electron chi connectivity index (χ3n) is 3.19. The second kappa shape index (κ2) is 3.51. The SMILES string of the molecule is C[C@H]([NH3+])C1CCc2ccccc2C1. The number of aryl methyl sites for hydroxylation is 1. The van der Waals surface area contributed by atoms with E-state index in [-0.39, 0.29) is 0 Å². The zero-order chi connectivity index (χ0) is 9.26. The zero-order valence-electron chi connectivity index (χ0n) is 8.29. The summed E-state index contributed by atoms with van der Waals surface area (Å²) in [5.74, 6) is 0.801. The summed E-state index contributed by atoms with van der Waals surface area (Å²) in [6.45, 7) is 2.23. The van der Waals surface area contributed by atoms with E-state index in [0.717, 1.165) is 5.92 Å². The lowest BCUT2D eigenvalue weighted by atomic mass is 9.81. The molecule has 1 unspecified atom stereocenters. The van der Waals surface area contributed by atoms with Gasteiger partial charge in [-0.25, -0.2) is 0 Å². The molecule has 0 saturated carbocycles. The molecule has 1 nitrogen and oxygen atoms in total. The van der Waals surface area contributed by atoms with Crippen molar-refractivity contribution in [3.05, 3.63) is 35.4 Å². The Balaban J connectivity index is 2.20. The molecule has 0 fully saturated rings. The maximum absolute atomic E-state index is 4.14. The number of hydrogen-bond donors (Lipinski definition) is 1. The summed E-state index contributed by atoms with van der Waals surface area (Å²) in [6.07, 6.45) is 3.81. The molecule has 0 radical (unpaired) electrons. The average Bonchev–Trinajstić information content (AvgIpc) is 2.17. The van der Waals surface area contributed by atoms with Crippen LogP contribution < -0.4 is 5.73 Å². The van der Waals surface area contributed by atoms with Crippen LogP contribution in [0.5, 0.6) is 0 Å². The molecular weight excluding hydrogens is 158 g/mol. The molecule has 3 N–H and O–H groups in total. The van der Waals surface area contributed by atoms with Crippen molar-refractivity contribution < 1.29 is 5.73 Å². The van der Waals surface area contributed by atoms with Crippen molar-refractivity contribution in [2.45, 2.75) is 32.2 Å². The molecule has 1 aromatic rings. The molecule has 2 rings (SSSR count). The second-order valence-electron chi connectivity index (χ2n) is 4.25. The van der Waals surface area contributed by atoms with Crippen molar-refractivity contribution in [2.24, 2.45) is 5.92 Å². The summed E-state index contributed by atoms with van der Waals surface area (Å²) in [5.41, 5.74) is 7.24. The van der Waals surface area contributed by atoms with Gasteiger partial charge in [0.25, 0.3) is 0 Å². The average molecular weight is 176 g/mol. The van der Waals surface area contributed by atoms with E-state index in [1.165, 1.54) is 19.3 Å². The Morgan fingerprint density at radius 3 is 2.69 bits per heavy atom. The van der Waals surface area contributed by atoms with Gasteiger partial charge in [0, 0.05) is 5.92 Å². The van der Waals surface area contributed by atoms with Crippen molar-refractivity contribution in [2.75, 3.05) is 0 Å². The van der Waals surface area contributed by atoms with Gasteiger partial charge in [0.15, 0.2) is 0 Å². The van der Waals surface area contributed by atoms with Crippen molar-refractivity contribution in [3.8, 4) is 0 Å². The van der Waals surface area contributed by atoms with Crippen molar-refractivity contribution in [3.63, 3.8) is 0 Å². The van der Waals surface area contributed by atoms with Gasteiger partial charge in [-0.3, -0.25) is 0 Å². The van der Waals surface area contributed by atoms with Crippen LogP contribution in [0.15, 0.2) is 24.3 Å². The molecular formula is C12H18N+. The van der Waals surface area contributed by atoms with E-state index in [9.17, 15) is 0 Å². The molecule has 0 saturated heterocycles. The van der Waals surface area contributed by atoms with Crippen LogP contribution in [0.2, 0.25) is 0 Å². The van der Waals surface area contributed by atoms with Crippen molar-refractivity contribution in [1.29, 1.82) is 0 Å². The highest BCUT2D eigenvalue weighted by Crippen LogP contribution is 2.26. The van der Waals surface area contributed by atoms with Gasteiger partial charge in [-0.1, -0.05) is 24.3 Å². The zero-order valence-corrected chi connectivity index (χ0v) is 8.29. The number of fused-ring (bicyclic) bond motifs is 1. The van der Waals surface area contributed by atoms with Crippen LogP contribution >= 0.6 is 0 Å². The Kier molecular flexibility index (Phi) is 2.36. The Labute approximate surface area is 80.0 Å². The molecule has 2 atom stereocenters. The predicted molar refractivity (Wildman–Crippen MR) is 54.3 cm³/mol. The number of quaternary nitrogens is 1. The summed E-state index contributed by atoms with van der Waals surface area (Å²) in [5, 5.41) is 0. The second-order valence-corrected chi connectivity index (χ2v) is 4.25. The van der Waals surface area contributed by atoms with Crippen LogP contribution in [0.3, 0.4) is 0 Å². The molecule has 0 heterocycles. The Morgan fingerprint density at radius 2 is 2.00 bits per heavy atom. The number of benzene rings is 1. The van der Waals surface area contributed by atoms with Crippen LogP contribution in [0, 0.1) is 5.92 Å². The summed E-state index contributed by atoms with van der Waals surface area (Å²) in [7, 11) is 0. The van der Waals surface area contributed by atoms with Crippen LogP contribution in [-0.4, -0.2) is 6.04 Å². The van der Waals surface area contributed by atoms with E-state index in [1.807, 2.05) is 0 Å².